The monoisotopic (exact) mass is 446 g/mol. The fourth-order valence-corrected chi connectivity index (χ4v) is 5.40. The van der Waals surface area contributed by atoms with E-state index in [1.807, 2.05) is 23.5 Å². The number of thiophene rings is 1. The van der Waals surface area contributed by atoms with Crippen molar-refractivity contribution in [1.29, 1.82) is 0 Å². The average molecular weight is 447 g/mol. The Morgan fingerprint density at radius 1 is 1.23 bits per heavy atom. The van der Waals surface area contributed by atoms with E-state index in [9.17, 15) is 9.59 Å². The highest BCUT2D eigenvalue weighted by Crippen LogP contribution is 2.40. The number of carbonyl (C=O) groups is 2. The van der Waals surface area contributed by atoms with Crippen LogP contribution in [0.2, 0.25) is 0 Å². The summed E-state index contributed by atoms with van der Waals surface area (Å²) in [6, 6.07) is 3.74. The van der Waals surface area contributed by atoms with Crippen LogP contribution in [0.4, 0.5) is 4.79 Å². The molecule has 1 aliphatic rings. The highest BCUT2D eigenvalue weighted by atomic mass is 32.1. The molecule has 0 saturated carbocycles. The maximum absolute atomic E-state index is 12.7. The van der Waals surface area contributed by atoms with Crippen molar-refractivity contribution in [2.75, 3.05) is 27.2 Å². The second kappa shape index (κ2) is 10.8. The first-order chi connectivity index (χ1) is 14.9. The van der Waals surface area contributed by atoms with Gasteiger partial charge in [-0.25, -0.2) is 4.79 Å². The van der Waals surface area contributed by atoms with E-state index in [0.717, 1.165) is 32.4 Å². The Morgan fingerprint density at radius 2 is 1.97 bits per heavy atom. The van der Waals surface area contributed by atoms with Crippen molar-refractivity contribution in [1.82, 2.24) is 20.1 Å². The Labute approximate surface area is 188 Å². The molecule has 0 aliphatic carbocycles. The summed E-state index contributed by atoms with van der Waals surface area (Å²) in [7, 11) is 3.51. The van der Waals surface area contributed by atoms with Gasteiger partial charge >= 0.3 is 12.0 Å². The van der Waals surface area contributed by atoms with Gasteiger partial charge < -0.3 is 24.8 Å². The predicted octanol–water partition coefficient (Wildman–Crippen LogP) is 3.87. The number of rotatable bonds is 9. The molecule has 0 unspecified atom stereocenters. The standard InChI is InChI=1S/C23H34N4O3S/c1-16(2)7-8-18(25-23(29)24-11-9-20(28)30-4)21-17-10-14-26(3)15-19(17)31-22(21)27-12-5-6-13-27/h5-6,12-13,16,18H,7-11,14-15H2,1-4H3,(H2,24,25,29)/t18-/m0/s1. The molecule has 2 aromatic heterocycles. The maximum atomic E-state index is 12.7. The number of hydrogen-bond donors (Lipinski definition) is 2. The van der Waals surface area contributed by atoms with E-state index in [1.54, 1.807) is 0 Å². The van der Waals surface area contributed by atoms with Gasteiger partial charge in [0.2, 0.25) is 0 Å². The van der Waals surface area contributed by atoms with Gasteiger partial charge in [-0.3, -0.25) is 4.79 Å². The third-order valence-electron chi connectivity index (χ3n) is 5.64. The lowest BCUT2D eigenvalue weighted by molar-refractivity contribution is -0.140. The number of urea groups is 1. The lowest BCUT2D eigenvalue weighted by Gasteiger charge is -2.26. The van der Waals surface area contributed by atoms with E-state index >= 15 is 0 Å². The summed E-state index contributed by atoms with van der Waals surface area (Å²) < 4.78 is 6.81. The Hall–Kier alpha value is -2.32. The van der Waals surface area contributed by atoms with Crippen LogP contribution in [0, 0.1) is 5.92 Å². The Balaban J connectivity index is 1.87. The van der Waals surface area contributed by atoms with Crippen molar-refractivity contribution in [2.45, 2.75) is 52.1 Å². The number of hydrogen-bond acceptors (Lipinski definition) is 5. The van der Waals surface area contributed by atoms with E-state index < -0.39 is 0 Å². The fraction of sp³-hybridized carbons (Fsp3) is 0.565. The molecular weight excluding hydrogens is 412 g/mol. The molecule has 7 nitrogen and oxygen atoms in total. The Morgan fingerprint density at radius 3 is 2.65 bits per heavy atom. The third-order valence-corrected chi connectivity index (χ3v) is 6.88. The summed E-state index contributed by atoms with van der Waals surface area (Å²) in [6.45, 7) is 6.63. The van der Waals surface area contributed by atoms with E-state index in [0.29, 0.717) is 5.92 Å². The zero-order chi connectivity index (χ0) is 22.4. The van der Waals surface area contributed by atoms with Crippen LogP contribution < -0.4 is 10.6 Å². The molecule has 1 atom stereocenters. The summed E-state index contributed by atoms with van der Waals surface area (Å²) in [4.78, 5) is 27.8. The lowest BCUT2D eigenvalue weighted by atomic mass is 9.93. The molecule has 3 rings (SSSR count). The van der Waals surface area contributed by atoms with Crippen LogP contribution in [0.25, 0.3) is 5.00 Å². The molecule has 2 aromatic rings. The van der Waals surface area contributed by atoms with Crippen molar-refractivity contribution in [3.63, 3.8) is 0 Å². The Bertz CT molecular complexity index is 876. The molecule has 1 aliphatic heterocycles. The first kappa shape index (κ1) is 23.3. The Kier molecular flexibility index (Phi) is 8.15. The first-order valence-corrected chi connectivity index (χ1v) is 11.8. The van der Waals surface area contributed by atoms with E-state index in [2.05, 4.69) is 58.1 Å². The molecule has 31 heavy (non-hydrogen) atoms. The van der Waals surface area contributed by atoms with Gasteiger partial charge in [0.15, 0.2) is 0 Å². The van der Waals surface area contributed by atoms with Gasteiger partial charge in [0, 0.05) is 42.5 Å². The molecule has 0 bridgehead atoms. The molecule has 0 saturated heterocycles. The summed E-state index contributed by atoms with van der Waals surface area (Å²) in [5.74, 6) is 0.213. The largest absolute Gasteiger partial charge is 0.469 e. The highest BCUT2D eigenvalue weighted by Gasteiger charge is 2.29. The average Bonchev–Trinajstić information content (AvgIpc) is 3.38. The number of aromatic nitrogens is 1. The van der Waals surface area contributed by atoms with Crippen molar-refractivity contribution in [3.05, 3.63) is 40.5 Å². The van der Waals surface area contributed by atoms with Gasteiger partial charge in [0.25, 0.3) is 0 Å². The number of ether oxygens (including phenoxy) is 1. The molecule has 0 spiro atoms. The fourth-order valence-electron chi connectivity index (χ4n) is 3.94. The van der Waals surface area contributed by atoms with Gasteiger partial charge in [0.1, 0.15) is 5.00 Å². The van der Waals surface area contributed by atoms with Crippen LogP contribution >= 0.6 is 11.3 Å². The minimum Gasteiger partial charge on any atom is -0.469 e. The summed E-state index contributed by atoms with van der Waals surface area (Å²) in [5.41, 5.74) is 2.63. The predicted molar refractivity (Wildman–Crippen MR) is 124 cm³/mol. The molecular formula is C23H34N4O3S. The molecule has 170 valence electrons. The topological polar surface area (TPSA) is 75.6 Å². The van der Waals surface area contributed by atoms with Crippen LogP contribution in [-0.4, -0.2) is 48.7 Å². The highest BCUT2D eigenvalue weighted by molar-refractivity contribution is 7.15. The number of fused-ring (bicyclic) bond motifs is 1. The van der Waals surface area contributed by atoms with Gasteiger partial charge in [0.05, 0.1) is 19.6 Å². The zero-order valence-corrected chi connectivity index (χ0v) is 19.8. The smallest absolute Gasteiger partial charge is 0.315 e. The molecule has 2 amide bonds. The van der Waals surface area contributed by atoms with Crippen LogP contribution in [0.3, 0.4) is 0 Å². The summed E-state index contributed by atoms with van der Waals surface area (Å²) >= 11 is 1.83. The van der Waals surface area contributed by atoms with Crippen molar-refractivity contribution >= 4 is 23.3 Å². The van der Waals surface area contributed by atoms with Crippen LogP contribution in [-0.2, 0) is 22.5 Å². The molecule has 0 aromatic carbocycles. The minimum atomic E-state index is -0.331. The van der Waals surface area contributed by atoms with E-state index in [1.165, 1.54) is 28.1 Å². The van der Waals surface area contributed by atoms with E-state index in [-0.39, 0.29) is 31.0 Å². The van der Waals surface area contributed by atoms with Crippen LogP contribution in [0.1, 0.15) is 55.2 Å². The number of methoxy groups -OCH3 is 1. The molecule has 0 radical (unpaired) electrons. The number of amides is 2. The zero-order valence-electron chi connectivity index (χ0n) is 18.9. The van der Waals surface area contributed by atoms with Crippen molar-refractivity contribution < 1.29 is 14.3 Å². The van der Waals surface area contributed by atoms with Crippen LogP contribution in [0.15, 0.2) is 24.5 Å². The molecule has 2 N–H and O–H groups in total. The lowest BCUT2D eigenvalue weighted by Crippen LogP contribution is -2.39. The second-order valence-electron chi connectivity index (χ2n) is 8.55. The summed E-state index contributed by atoms with van der Waals surface area (Å²) in [5, 5.41) is 7.20. The third kappa shape index (κ3) is 6.11. The van der Waals surface area contributed by atoms with Gasteiger partial charge in [-0.15, -0.1) is 11.3 Å². The van der Waals surface area contributed by atoms with Gasteiger partial charge in [-0.2, -0.15) is 0 Å². The summed E-state index contributed by atoms with van der Waals surface area (Å²) in [6.07, 6.45) is 7.18. The molecule has 3 heterocycles. The van der Waals surface area contributed by atoms with Crippen molar-refractivity contribution in [3.8, 4) is 5.00 Å². The number of esters is 1. The SMILES string of the molecule is COC(=O)CCNC(=O)N[C@@H](CCC(C)C)c1c(-n2cccc2)sc2c1CCN(C)C2. The number of carbonyl (C=O) groups excluding carboxylic acids is 2. The maximum Gasteiger partial charge on any atom is 0.315 e. The normalized spacial score (nSPS) is 14.9. The number of likely N-dealkylation sites (N-methyl/N-ethyl adjacent to an activating group) is 1. The first-order valence-electron chi connectivity index (χ1n) is 11.0. The van der Waals surface area contributed by atoms with E-state index in [4.69, 9.17) is 0 Å². The van der Waals surface area contributed by atoms with Crippen molar-refractivity contribution in [2.24, 2.45) is 5.92 Å². The second-order valence-corrected chi connectivity index (χ2v) is 9.63. The van der Waals surface area contributed by atoms with Gasteiger partial charge in [-0.1, -0.05) is 13.8 Å². The number of nitrogens with one attached hydrogen (secondary N) is 2. The minimum absolute atomic E-state index is 0.0821. The molecule has 8 heteroatoms. The molecule has 0 fully saturated rings. The van der Waals surface area contributed by atoms with Gasteiger partial charge in [-0.05, 0) is 49.9 Å². The quantitative estimate of drug-likeness (QED) is 0.574. The van der Waals surface area contributed by atoms with Crippen LogP contribution in [0.5, 0.6) is 0 Å². The number of nitrogens with zero attached hydrogens (tertiary/aromatic N) is 2.